The van der Waals surface area contributed by atoms with Crippen molar-refractivity contribution in [3.05, 3.63) is 139 Å². The van der Waals surface area contributed by atoms with E-state index in [1.54, 1.807) is 12.1 Å². The molecule has 0 aliphatic carbocycles. The van der Waals surface area contributed by atoms with Gasteiger partial charge >= 0.3 is 5.97 Å². The van der Waals surface area contributed by atoms with Crippen LogP contribution in [0.3, 0.4) is 0 Å². The molecule has 1 heterocycles. The standard InChI is InChI=1S/C35H25NO2/c1-3-23-9-13-25(14-10-23)27-17-19-29-30-20-18-28(26-15-11-24(4-2)12-16-26)22-34(30)36(33(29)21-27)32-8-6-5-7-31(32)35(37)38/h3-22H,1-2H2,(H,37,38). The first-order valence-corrected chi connectivity index (χ1v) is 12.4. The number of benzene rings is 5. The van der Waals surface area contributed by atoms with E-state index in [2.05, 4.69) is 78.4 Å². The van der Waals surface area contributed by atoms with E-state index >= 15 is 0 Å². The molecule has 3 nitrogen and oxygen atoms in total. The molecule has 3 heteroatoms. The van der Waals surface area contributed by atoms with Gasteiger partial charge in [-0.2, -0.15) is 0 Å². The highest BCUT2D eigenvalue weighted by molar-refractivity contribution is 6.12. The highest BCUT2D eigenvalue weighted by Crippen LogP contribution is 2.37. The number of rotatable bonds is 6. The maximum atomic E-state index is 12.3. The molecule has 0 bridgehead atoms. The molecule has 0 saturated heterocycles. The molecule has 0 radical (unpaired) electrons. The summed E-state index contributed by atoms with van der Waals surface area (Å²) in [6.45, 7) is 7.70. The monoisotopic (exact) mass is 491 g/mol. The largest absolute Gasteiger partial charge is 0.478 e. The summed E-state index contributed by atoms with van der Waals surface area (Å²) in [5.41, 5.74) is 9.23. The van der Waals surface area contributed by atoms with Crippen LogP contribution in [0, 0.1) is 0 Å². The van der Waals surface area contributed by atoms with Crippen molar-refractivity contribution in [2.45, 2.75) is 0 Å². The van der Waals surface area contributed by atoms with E-state index in [1.165, 1.54) is 0 Å². The quantitative estimate of drug-likeness (QED) is 0.252. The lowest BCUT2D eigenvalue weighted by Gasteiger charge is -2.12. The average Bonchev–Trinajstić information content (AvgIpc) is 3.30. The smallest absolute Gasteiger partial charge is 0.337 e. The Balaban J connectivity index is 1.65. The van der Waals surface area contributed by atoms with Crippen molar-refractivity contribution in [3.8, 4) is 27.9 Å². The molecular weight excluding hydrogens is 466 g/mol. The summed E-state index contributed by atoms with van der Waals surface area (Å²) in [4.78, 5) is 12.3. The predicted octanol–water partition coefficient (Wildman–Crippen LogP) is 9.10. The third-order valence-corrected chi connectivity index (χ3v) is 7.10. The van der Waals surface area contributed by atoms with Gasteiger partial charge in [-0.25, -0.2) is 4.79 Å². The molecule has 0 aliphatic heterocycles. The van der Waals surface area contributed by atoms with Crippen LogP contribution in [0.1, 0.15) is 21.5 Å². The summed E-state index contributed by atoms with van der Waals surface area (Å²) in [5.74, 6) is -0.956. The van der Waals surface area contributed by atoms with Gasteiger partial charge in [-0.1, -0.05) is 110 Å². The molecule has 0 atom stereocenters. The fourth-order valence-corrected chi connectivity index (χ4v) is 5.11. The van der Waals surface area contributed by atoms with Crippen molar-refractivity contribution < 1.29 is 9.90 Å². The van der Waals surface area contributed by atoms with Crippen LogP contribution in [-0.2, 0) is 0 Å². The van der Waals surface area contributed by atoms with E-state index < -0.39 is 5.97 Å². The molecule has 0 spiro atoms. The second kappa shape index (κ2) is 9.38. The molecule has 182 valence electrons. The molecule has 6 aromatic rings. The summed E-state index contributed by atoms with van der Waals surface area (Å²) in [7, 11) is 0. The first-order chi connectivity index (χ1) is 18.6. The molecule has 1 N–H and O–H groups in total. The highest BCUT2D eigenvalue weighted by Gasteiger charge is 2.18. The van der Waals surface area contributed by atoms with Crippen LogP contribution in [0.25, 0.3) is 61.9 Å². The fourth-order valence-electron chi connectivity index (χ4n) is 5.11. The second-order valence-corrected chi connectivity index (χ2v) is 9.27. The number of hydrogen-bond acceptors (Lipinski definition) is 1. The van der Waals surface area contributed by atoms with Crippen LogP contribution in [0.4, 0.5) is 0 Å². The Morgan fingerprint density at radius 1 is 0.605 bits per heavy atom. The number of hydrogen-bond donors (Lipinski definition) is 1. The number of aromatic carboxylic acids is 1. The lowest BCUT2D eigenvalue weighted by Crippen LogP contribution is -2.05. The van der Waals surface area contributed by atoms with E-state index in [-0.39, 0.29) is 5.56 Å². The lowest BCUT2D eigenvalue weighted by molar-refractivity contribution is 0.0697. The van der Waals surface area contributed by atoms with Gasteiger partial charge < -0.3 is 9.67 Å². The first kappa shape index (κ1) is 23.3. The van der Waals surface area contributed by atoms with E-state index in [1.807, 2.05) is 48.6 Å². The maximum Gasteiger partial charge on any atom is 0.337 e. The number of nitrogens with zero attached hydrogens (tertiary/aromatic N) is 1. The van der Waals surface area contributed by atoms with Gasteiger partial charge in [0.1, 0.15) is 0 Å². The van der Waals surface area contributed by atoms with E-state index in [0.717, 1.165) is 55.2 Å². The zero-order valence-electron chi connectivity index (χ0n) is 20.8. The van der Waals surface area contributed by atoms with Crippen LogP contribution >= 0.6 is 0 Å². The van der Waals surface area contributed by atoms with Crippen molar-refractivity contribution in [2.24, 2.45) is 0 Å². The third-order valence-electron chi connectivity index (χ3n) is 7.10. The molecule has 0 unspecified atom stereocenters. The zero-order chi connectivity index (χ0) is 26.2. The van der Waals surface area contributed by atoms with Crippen LogP contribution in [-0.4, -0.2) is 15.6 Å². The van der Waals surface area contributed by atoms with Crippen molar-refractivity contribution in [2.75, 3.05) is 0 Å². The SMILES string of the molecule is C=Cc1ccc(-c2ccc3c4ccc(-c5ccc(C=C)cc5)cc4n(-c4ccccc4C(=O)O)c3c2)cc1. The van der Waals surface area contributed by atoms with Gasteiger partial charge in [-0.3, -0.25) is 0 Å². The summed E-state index contributed by atoms with van der Waals surface area (Å²) < 4.78 is 2.08. The minimum atomic E-state index is -0.956. The van der Waals surface area contributed by atoms with Gasteiger partial charge in [0.05, 0.1) is 22.3 Å². The lowest BCUT2D eigenvalue weighted by atomic mass is 10.0. The number of carboxylic acid groups (broad SMARTS) is 1. The number of para-hydroxylation sites is 1. The topological polar surface area (TPSA) is 42.2 Å². The summed E-state index contributed by atoms with van der Waals surface area (Å²) in [6, 6.07) is 36.5. The van der Waals surface area contributed by atoms with Crippen molar-refractivity contribution in [1.82, 2.24) is 4.57 Å². The molecule has 0 amide bonds. The minimum Gasteiger partial charge on any atom is -0.478 e. The molecule has 0 fully saturated rings. The van der Waals surface area contributed by atoms with Gasteiger partial charge in [0.25, 0.3) is 0 Å². The van der Waals surface area contributed by atoms with Crippen molar-refractivity contribution in [3.63, 3.8) is 0 Å². The molecular formula is C35H25NO2. The second-order valence-electron chi connectivity index (χ2n) is 9.27. The normalized spacial score (nSPS) is 11.1. The van der Waals surface area contributed by atoms with Crippen LogP contribution in [0.15, 0.2) is 122 Å². The number of carbonyl (C=O) groups is 1. The summed E-state index contributed by atoms with van der Waals surface area (Å²) in [5, 5.41) is 12.2. The van der Waals surface area contributed by atoms with E-state index in [9.17, 15) is 9.90 Å². The van der Waals surface area contributed by atoms with Crippen LogP contribution in [0.2, 0.25) is 0 Å². The zero-order valence-corrected chi connectivity index (χ0v) is 20.8. The molecule has 38 heavy (non-hydrogen) atoms. The number of aromatic nitrogens is 1. The Morgan fingerprint density at radius 3 is 1.50 bits per heavy atom. The fraction of sp³-hybridized carbons (Fsp3) is 0. The maximum absolute atomic E-state index is 12.3. The first-order valence-electron chi connectivity index (χ1n) is 12.4. The summed E-state index contributed by atoms with van der Waals surface area (Å²) >= 11 is 0. The molecule has 5 aromatic carbocycles. The Hall–Kier alpha value is -5.15. The third kappa shape index (κ3) is 3.91. The van der Waals surface area contributed by atoms with Crippen molar-refractivity contribution in [1.29, 1.82) is 0 Å². The van der Waals surface area contributed by atoms with Crippen LogP contribution in [0.5, 0.6) is 0 Å². The van der Waals surface area contributed by atoms with E-state index in [0.29, 0.717) is 5.69 Å². The molecule has 0 aliphatic rings. The Kier molecular flexibility index (Phi) is 5.74. The average molecular weight is 492 g/mol. The number of fused-ring (bicyclic) bond motifs is 3. The van der Waals surface area contributed by atoms with Gasteiger partial charge in [-0.05, 0) is 57.6 Å². The minimum absolute atomic E-state index is 0.257. The summed E-state index contributed by atoms with van der Waals surface area (Å²) in [6.07, 6.45) is 3.66. The molecule has 6 rings (SSSR count). The van der Waals surface area contributed by atoms with Gasteiger partial charge in [0, 0.05) is 10.8 Å². The molecule has 1 aromatic heterocycles. The highest BCUT2D eigenvalue weighted by atomic mass is 16.4. The predicted molar refractivity (Wildman–Crippen MR) is 159 cm³/mol. The Labute approximate surface area is 221 Å². The Morgan fingerprint density at radius 2 is 1.05 bits per heavy atom. The van der Waals surface area contributed by atoms with Crippen LogP contribution < -0.4 is 0 Å². The van der Waals surface area contributed by atoms with E-state index in [4.69, 9.17) is 0 Å². The van der Waals surface area contributed by atoms with Crippen molar-refractivity contribution >= 4 is 39.9 Å². The van der Waals surface area contributed by atoms with Gasteiger partial charge in [0.15, 0.2) is 0 Å². The Bertz CT molecular complexity index is 1750. The number of carboxylic acids is 1. The molecule has 0 saturated carbocycles. The van der Waals surface area contributed by atoms with Gasteiger partial charge in [0.2, 0.25) is 0 Å². The van der Waals surface area contributed by atoms with Gasteiger partial charge in [-0.15, -0.1) is 0 Å².